The summed E-state index contributed by atoms with van der Waals surface area (Å²) in [5.41, 5.74) is 0. The summed E-state index contributed by atoms with van der Waals surface area (Å²) < 4.78 is 10.8. The highest BCUT2D eigenvalue weighted by Crippen LogP contribution is 2.15. The predicted octanol–water partition coefficient (Wildman–Crippen LogP) is 1.29. The van der Waals surface area contributed by atoms with Gasteiger partial charge in [0.15, 0.2) is 0 Å². The van der Waals surface area contributed by atoms with Gasteiger partial charge in [0.05, 0.1) is 0 Å². The van der Waals surface area contributed by atoms with Crippen LogP contribution in [0.2, 0.25) is 0 Å². The van der Waals surface area contributed by atoms with Crippen LogP contribution in [0.5, 0.6) is 0 Å². The van der Waals surface area contributed by atoms with Crippen molar-refractivity contribution >= 4 is 26.7 Å². The second-order valence-corrected chi connectivity index (χ2v) is 4.97. The number of halogens is 1. The van der Waals surface area contributed by atoms with Crippen molar-refractivity contribution in [2.45, 2.75) is 17.7 Å². The summed E-state index contributed by atoms with van der Waals surface area (Å²) in [5, 5.41) is 0. The van der Waals surface area contributed by atoms with E-state index in [-0.39, 0.29) is 0 Å². The van der Waals surface area contributed by atoms with E-state index in [4.69, 9.17) is 0 Å². The largest absolute Gasteiger partial charge is 0.260 e. The third-order valence-corrected chi connectivity index (χ3v) is 3.98. The average molecular weight is 197 g/mol. The fourth-order valence-electron chi connectivity index (χ4n) is 0.834. The highest BCUT2D eigenvalue weighted by Gasteiger charge is 2.14. The molecule has 0 aromatic rings. The smallest absolute Gasteiger partial charge is 0.0360 e. The maximum Gasteiger partial charge on any atom is 0.0360 e. The molecule has 1 nitrogen and oxygen atoms in total. The van der Waals surface area contributed by atoms with E-state index in [1.807, 2.05) is 0 Å². The quantitative estimate of drug-likeness (QED) is 0.535. The van der Waals surface area contributed by atoms with E-state index in [2.05, 4.69) is 15.9 Å². The Balaban J connectivity index is 2.34. The number of alkyl halides is 1. The van der Waals surface area contributed by atoms with E-state index in [9.17, 15) is 4.21 Å². The molecule has 3 heteroatoms. The minimum Gasteiger partial charge on any atom is -0.260 e. The lowest BCUT2D eigenvalue weighted by Crippen LogP contribution is -2.19. The zero-order chi connectivity index (χ0) is 5.98. The summed E-state index contributed by atoms with van der Waals surface area (Å²) in [5.74, 6) is 1.78. The Bertz CT molecular complexity index is 105. The van der Waals surface area contributed by atoms with E-state index >= 15 is 0 Å². The molecule has 1 rings (SSSR count). The SMILES string of the molecule is O=S1CCC[C@H](Br)C1. The molecule has 1 aliphatic heterocycles. The Morgan fingerprint density at radius 2 is 2.38 bits per heavy atom. The minimum atomic E-state index is -0.517. The maximum absolute atomic E-state index is 10.8. The first-order valence-electron chi connectivity index (χ1n) is 2.78. The van der Waals surface area contributed by atoms with Crippen LogP contribution in [0.25, 0.3) is 0 Å². The second kappa shape index (κ2) is 2.97. The van der Waals surface area contributed by atoms with Crippen LogP contribution < -0.4 is 0 Å². The highest BCUT2D eigenvalue weighted by molar-refractivity contribution is 9.09. The van der Waals surface area contributed by atoms with Gasteiger partial charge in [0.1, 0.15) is 0 Å². The molecule has 8 heavy (non-hydrogen) atoms. The fraction of sp³-hybridized carbons (Fsp3) is 1.00. The Morgan fingerprint density at radius 1 is 1.62 bits per heavy atom. The van der Waals surface area contributed by atoms with Gasteiger partial charge >= 0.3 is 0 Å². The molecular weight excluding hydrogens is 188 g/mol. The molecule has 0 aromatic carbocycles. The zero-order valence-electron chi connectivity index (χ0n) is 4.60. The van der Waals surface area contributed by atoms with Gasteiger partial charge in [-0.2, -0.15) is 0 Å². The molecule has 1 aliphatic rings. The molecule has 1 unspecified atom stereocenters. The zero-order valence-corrected chi connectivity index (χ0v) is 7.00. The van der Waals surface area contributed by atoms with Crippen molar-refractivity contribution in [3.05, 3.63) is 0 Å². The Kier molecular flexibility index (Phi) is 2.50. The lowest BCUT2D eigenvalue weighted by Gasteiger charge is -2.14. The van der Waals surface area contributed by atoms with Crippen LogP contribution in [0.4, 0.5) is 0 Å². The molecule has 0 spiro atoms. The summed E-state index contributed by atoms with van der Waals surface area (Å²) in [6, 6.07) is 0. The van der Waals surface area contributed by atoms with Crippen molar-refractivity contribution in [3.63, 3.8) is 0 Å². The second-order valence-electron chi connectivity index (χ2n) is 2.05. The third-order valence-electron chi connectivity index (χ3n) is 1.26. The van der Waals surface area contributed by atoms with Gasteiger partial charge in [-0.25, -0.2) is 0 Å². The lowest BCUT2D eigenvalue weighted by molar-refractivity contribution is 0.663. The van der Waals surface area contributed by atoms with E-state index in [0.29, 0.717) is 4.83 Å². The van der Waals surface area contributed by atoms with Gasteiger partial charge in [0.2, 0.25) is 0 Å². The van der Waals surface area contributed by atoms with Gasteiger partial charge in [-0.3, -0.25) is 4.21 Å². The van der Waals surface area contributed by atoms with Crippen molar-refractivity contribution in [2.75, 3.05) is 11.5 Å². The first-order valence-corrected chi connectivity index (χ1v) is 5.18. The summed E-state index contributed by atoms with van der Waals surface area (Å²) in [6.07, 6.45) is 2.33. The predicted molar refractivity (Wildman–Crippen MR) is 39.8 cm³/mol. The van der Waals surface area contributed by atoms with Crippen molar-refractivity contribution in [1.82, 2.24) is 0 Å². The molecule has 0 radical (unpaired) electrons. The standard InChI is InChI=1S/C5H9BrOS/c6-5-2-1-3-8(7)4-5/h5H,1-4H2/t5-,8?/m0/s1. The van der Waals surface area contributed by atoms with Gasteiger partial charge in [0.25, 0.3) is 0 Å². The number of rotatable bonds is 0. The van der Waals surface area contributed by atoms with Crippen LogP contribution in [-0.4, -0.2) is 20.5 Å². The Labute approximate surface area is 60.4 Å². The van der Waals surface area contributed by atoms with Gasteiger partial charge in [-0.15, -0.1) is 0 Å². The van der Waals surface area contributed by atoms with E-state index in [1.54, 1.807) is 0 Å². The molecule has 0 aliphatic carbocycles. The van der Waals surface area contributed by atoms with Crippen LogP contribution in [-0.2, 0) is 10.8 Å². The first kappa shape index (κ1) is 6.75. The summed E-state index contributed by atoms with van der Waals surface area (Å²) in [6.45, 7) is 0. The van der Waals surface area contributed by atoms with Crippen LogP contribution in [0.3, 0.4) is 0 Å². The molecule has 1 heterocycles. The molecule has 48 valence electrons. The van der Waals surface area contributed by atoms with E-state index in [1.165, 1.54) is 6.42 Å². The van der Waals surface area contributed by atoms with Crippen LogP contribution in [0.15, 0.2) is 0 Å². The minimum absolute atomic E-state index is 0.517. The van der Waals surface area contributed by atoms with Crippen LogP contribution in [0.1, 0.15) is 12.8 Å². The Hall–Kier alpha value is 0.630. The van der Waals surface area contributed by atoms with Gasteiger partial charge in [-0.05, 0) is 12.8 Å². The third kappa shape index (κ3) is 1.86. The van der Waals surface area contributed by atoms with Crippen molar-refractivity contribution in [2.24, 2.45) is 0 Å². The summed E-state index contributed by atoms with van der Waals surface area (Å²) >= 11 is 3.44. The molecule has 0 bridgehead atoms. The van der Waals surface area contributed by atoms with E-state index in [0.717, 1.165) is 17.9 Å². The summed E-state index contributed by atoms with van der Waals surface area (Å²) in [7, 11) is -0.517. The maximum atomic E-state index is 10.8. The van der Waals surface area contributed by atoms with E-state index < -0.39 is 10.8 Å². The molecule has 0 aromatic heterocycles. The van der Waals surface area contributed by atoms with Crippen molar-refractivity contribution < 1.29 is 4.21 Å². The molecule has 0 amide bonds. The molecular formula is C5H9BrOS. The first-order chi connectivity index (χ1) is 3.79. The topological polar surface area (TPSA) is 17.1 Å². The molecule has 1 fully saturated rings. The van der Waals surface area contributed by atoms with Crippen LogP contribution >= 0.6 is 15.9 Å². The lowest BCUT2D eigenvalue weighted by atomic mass is 10.3. The Morgan fingerprint density at radius 3 is 2.75 bits per heavy atom. The van der Waals surface area contributed by atoms with Crippen molar-refractivity contribution in [3.8, 4) is 0 Å². The number of hydrogen-bond acceptors (Lipinski definition) is 1. The molecule has 1 saturated heterocycles. The normalized spacial score (nSPS) is 39.6. The number of hydrogen-bond donors (Lipinski definition) is 0. The monoisotopic (exact) mass is 196 g/mol. The van der Waals surface area contributed by atoms with Crippen molar-refractivity contribution in [1.29, 1.82) is 0 Å². The molecule has 2 atom stereocenters. The fourth-order valence-corrected chi connectivity index (χ4v) is 3.27. The average Bonchev–Trinajstić information content (AvgIpc) is 1.64. The molecule has 0 saturated carbocycles. The van der Waals surface area contributed by atoms with Gasteiger partial charge in [0, 0.05) is 27.1 Å². The van der Waals surface area contributed by atoms with Gasteiger partial charge in [-0.1, -0.05) is 15.9 Å². The summed E-state index contributed by atoms with van der Waals surface area (Å²) in [4.78, 5) is 0.525. The van der Waals surface area contributed by atoms with Crippen LogP contribution in [0, 0.1) is 0 Å². The molecule has 0 N–H and O–H groups in total. The highest BCUT2D eigenvalue weighted by atomic mass is 79.9. The van der Waals surface area contributed by atoms with Gasteiger partial charge < -0.3 is 0 Å².